The third-order valence-electron chi connectivity index (χ3n) is 3.62. The van der Waals surface area contributed by atoms with Crippen LogP contribution in [0.5, 0.6) is 0 Å². The van der Waals surface area contributed by atoms with E-state index in [1.54, 1.807) is 6.07 Å². The minimum atomic E-state index is -0.762. The zero-order valence-electron chi connectivity index (χ0n) is 12.2. The molecular weight excluding hydrogens is 364 g/mol. The van der Waals surface area contributed by atoms with Crippen LogP contribution in [0.4, 0.5) is 0 Å². The van der Waals surface area contributed by atoms with E-state index in [9.17, 15) is 9.59 Å². The fourth-order valence-corrected chi connectivity index (χ4v) is 2.64. The molecule has 2 amide bonds. The molecule has 2 aromatic rings. The number of hydrogen-bond donors (Lipinski definition) is 2. The molecule has 3 rings (SSSR count). The molecule has 1 saturated heterocycles. The molecule has 1 aliphatic heterocycles. The maximum absolute atomic E-state index is 12.5. The number of nitrogens with two attached hydrogens (primary N) is 1. The summed E-state index contributed by atoms with van der Waals surface area (Å²) < 4.78 is 6.21. The summed E-state index contributed by atoms with van der Waals surface area (Å²) in [5.74, 6) is -0.793. The molecule has 8 heteroatoms. The molecule has 1 fully saturated rings. The Balaban J connectivity index is 1.75. The highest BCUT2D eigenvalue weighted by Crippen LogP contribution is 2.21. The number of rotatable bonds is 3. The summed E-state index contributed by atoms with van der Waals surface area (Å²) in [6, 6.07) is 9.33. The maximum atomic E-state index is 12.5. The molecule has 7 nitrogen and oxygen atoms in total. The van der Waals surface area contributed by atoms with E-state index in [-0.39, 0.29) is 19.1 Å². The number of aromatic amines is 1. The van der Waals surface area contributed by atoms with Gasteiger partial charge in [0.15, 0.2) is 6.10 Å². The van der Waals surface area contributed by atoms with E-state index in [0.717, 1.165) is 10.0 Å². The van der Waals surface area contributed by atoms with Crippen LogP contribution < -0.4 is 5.73 Å². The van der Waals surface area contributed by atoms with Crippen LogP contribution in [0.1, 0.15) is 10.5 Å². The first-order valence-corrected chi connectivity index (χ1v) is 7.85. The largest absolute Gasteiger partial charge is 0.367 e. The Morgan fingerprint density at radius 2 is 2.09 bits per heavy atom. The molecule has 3 N–H and O–H groups in total. The van der Waals surface area contributed by atoms with Crippen molar-refractivity contribution in [2.24, 2.45) is 5.73 Å². The number of hydrogen-bond acceptors (Lipinski definition) is 4. The molecule has 0 aliphatic carbocycles. The molecule has 120 valence electrons. The summed E-state index contributed by atoms with van der Waals surface area (Å²) >= 11 is 3.38. The number of nitrogens with one attached hydrogen (secondary N) is 1. The number of ether oxygens (including phenoxy) is 1. The van der Waals surface area contributed by atoms with E-state index in [4.69, 9.17) is 10.5 Å². The molecule has 1 unspecified atom stereocenters. The number of carbonyl (C=O) groups is 2. The molecule has 0 saturated carbocycles. The van der Waals surface area contributed by atoms with Crippen molar-refractivity contribution in [2.45, 2.75) is 6.10 Å². The average Bonchev–Trinajstić information content (AvgIpc) is 3.05. The van der Waals surface area contributed by atoms with Gasteiger partial charge in [-0.3, -0.25) is 14.7 Å². The third-order valence-corrected chi connectivity index (χ3v) is 4.15. The molecule has 23 heavy (non-hydrogen) atoms. The second-order valence-electron chi connectivity index (χ2n) is 5.19. The number of primary amides is 1. The van der Waals surface area contributed by atoms with Gasteiger partial charge < -0.3 is 15.4 Å². The highest BCUT2D eigenvalue weighted by molar-refractivity contribution is 9.10. The van der Waals surface area contributed by atoms with Crippen LogP contribution in [0.25, 0.3) is 11.3 Å². The number of benzene rings is 1. The number of halogens is 1. The van der Waals surface area contributed by atoms with Gasteiger partial charge in [-0.15, -0.1) is 0 Å². The van der Waals surface area contributed by atoms with Crippen LogP contribution in [-0.4, -0.2) is 52.7 Å². The smallest absolute Gasteiger partial charge is 0.272 e. The average molecular weight is 379 g/mol. The Hall–Kier alpha value is -2.19. The predicted molar refractivity (Wildman–Crippen MR) is 86.6 cm³/mol. The lowest BCUT2D eigenvalue weighted by Gasteiger charge is -2.30. The van der Waals surface area contributed by atoms with Crippen LogP contribution in [0.15, 0.2) is 34.8 Å². The second-order valence-corrected chi connectivity index (χ2v) is 6.10. The highest BCUT2D eigenvalue weighted by atomic mass is 79.9. The minimum absolute atomic E-state index is 0.154. The third kappa shape index (κ3) is 3.43. The predicted octanol–water partition coefficient (Wildman–Crippen LogP) is 1.17. The summed E-state index contributed by atoms with van der Waals surface area (Å²) in [5.41, 5.74) is 7.19. The lowest BCUT2D eigenvalue weighted by atomic mass is 10.1. The first-order valence-electron chi connectivity index (χ1n) is 7.06. The first kappa shape index (κ1) is 15.7. The van der Waals surface area contributed by atoms with E-state index in [1.807, 2.05) is 24.3 Å². The molecular formula is C15H15BrN4O3. The lowest BCUT2D eigenvalue weighted by Crippen LogP contribution is -2.50. The van der Waals surface area contributed by atoms with Gasteiger partial charge in [-0.25, -0.2) is 0 Å². The topological polar surface area (TPSA) is 101 Å². The first-order chi connectivity index (χ1) is 11.0. The van der Waals surface area contributed by atoms with Gasteiger partial charge in [0.1, 0.15) is 5.69 Å². The van der Waals surface area contributed by atoms with Crippen molar-refractivity contribution in [2.75, 3.05) is 19.7 Å². The van der Waals surface area contributed by atoms with Crippen molar-refractivity contribution in [3.8, 4) is 11.3 Å². The Labute approximate surface area is 140 Å². The number of aromatic nitrogens is 2. The SMILES string of the molecule is NC(=O)C1CN(C(=O)c2cc(-c3ccc(Br)cc3)n[nH]2)CCO1. The lowest BCUT2D eigenvalue weighted by molar-refractivity contribution is -0.133. The van der Waals surface area contributed by atoms with E-state index < -0.39 is 12.0 Å². The molecule has 1 aromatic heterocycles. The number of amides is 2. The van der Waals surface area contributed by atoms with Crippen LogP contribution in [0, 0.1) is 0 Å². The highest BCUT2D eigenvalue weighted by Gasteiger charge is 2.29. The summed E-state index contributed by atoms with van der Waals surface area (Å²) in [7, 11) is 0. The molecule has 1 aromatic carbocycles. The van der Waals surface area contributed by atoms with Crippen LogP contribution >= 0.6 is 15.9 Å². The van der Waals surface area contributed by atoms with Crippen molar-refractivity contribution in [3.05, 3.63) is 40.5 Å². The minimum Gasteiger partial charge on any atom is -0.367 e. The number of morpholine rings is 1. The number of nitrogens with zero attached hydrogens (tertiary/aromatic N) is 2. The second kappa shape index (κ2) is 6.51. The number of carbonyl (C=O) groups excluding carboxylic acids is 2. The van der Waals surface area contributed by atoms with Gasteiger partial charge >= 0.3 is 0 Å². The zero-order chi connectivity index (χ0) is 16.4. The van der Waals surface area contributed by atoms with Crippen molar-refractivity contribution in [1.82, 2.24) is 15.1 Å². The van der Waals surface area contributed by atoms with Gasteiger partial charge in [0.2, 0.25) is 5.91 Å². The summed E-state index contributed by atoms with van der Waals surface area (Å²) in [6.07, 6.45) is -0.762. The van der Waals surface area contributed by atoms with E-state index in [1.165, 1.54) is 4.90 Å². The van der Waals surface area contributed by atoms with Gasteiger partial charge in [0, 0.05) is 16.6 Å². The fraction of sp³-hybridized carbons (Fsp3) is 0.267. The summed E-state index contributed by atoms with van der Waals surface area (Å²) in [4.78, 5) is 25.3. The van der Waals surface area contributed by atoms with Crippen molar-refractivity contribution in [1.29, 1.82) is 0 Å². The Kier molecular flexibility index (Phi) is 4.44. The fourth-order valence-electron chi connectivity index (χ4n) is 2.38. The zero-order valence-corrected chi connectivity index (χ0v) is 13.7. The van der Waals surface area contributed by atoms with E-state index >= 15 is 0 Å². The Bertz CT molecular complexity index is 729. The molecule has 0 bridgehead atoms. The quantitative estimate of drug-likeness (QED) is 0.836. The van der Waals surface area contributed by atoms with Gasteiger partial charge in [-0.2, -0.15) is 5.10 Å². The van der Waals surface area contributed by atoms with Gasteiger partial charge in [-0.05, 0) is 18.2 Å². The monoisotopic (exact) mass is 378 g/mol. The summed E-state index contributed by atoms with van der Waals surface area (Å²) in [5, 5.41) is 6.93. The van der Waals surface area contributed by atoms with Crippen LogP contribution in [0.2, 0.25) is 0 Å². The molecule has 1 aliphatic rings. The van der Waals surface area contributed by atoms with E-state index in [2.05, 4.69) is 26.1 Å². The van der Waals surface area contributed by atoms with Gasteiger partial charge in [0.25, 0.3) is 5.91 Å². The molecule has 0 radical (unpaired) electrons. The molecule has 1 atom stereocenters. The van der Waals surface area contributed by atoms with Crippen molar-refractivity contribution < 1.29 is 14.3 Å². The Morgan fingerprint density at radius 3 is 2.78 bits per heavy atom. The van der Waals surface area contributed by atoms with E-state index in [0.29, 0.717) is 17.9 Å². The maximum Gasteiger partial charge on any atom is 0.272 e. The Morgan fingerprint density at radius 1 is 1.35 bits per heavy atom. The van der Waals surface area contributed by atoms with Gasteiger partial charge in [-0.1, -0.05) is 28.1 Å². The summed E-state index contributed by atoms with van der Waals surface area (Å²) in [6.45, 7) is 0.850. The van der Waals surface area contributed by atoms with Crippen molar-refractivity contribution in [3.63, 3.8) is 0 Å². The standard InChI is InChI=1S/C15H15BrN4O3/c16-10-3-1-9(2-4-10)11-7-12(19-18-11)15(22)20-5-6-23-13(8-20)14(17)21/h1-4,7,13H,5-6,8H2,(H2,17,21)(H,18,19). The van der Waals surface area contributed by atoms with Crippen molar-refractivity contribution >= 4 is 27.7 Å². The van der Waals surface area contributed by atoms with Gasteiger partial charge in [0.05, 0.1) is 18.8 Å². The van der Waals surface area contributed by atoms with Crippen LogP contribution in [0.3, 0.4) is 0 Å². The normalized spacial score (nSPS) is 18.0. The number of H-pyrrole nitrogens is 1. The molecule has 0 spiro atoms. The van der Waals surface area contributed by atoms with Crippen LogP contribution in [-0.2, 0) is 9.53 Å². The molecule has 2 heterocycles.